The molecule has 1 amide bonds. The summed E-state index contributed by atoms with van der Waals surface area (Å²) in [5, 5.41) is 12.6. The minimum Gasteiger partial charge on any atom is -0.501 e. The lowest BCUT2D eigenvalue weighted by molar-refractivity contribution is 0.0974. The van der Waals surface area contributed by atoms with Crippen LogP contribution < -0.4 is 10.9 Å². The Morgan fingerprint density at radius 3 is 2.56 bits per heavy atom. The second-order valence-corrected chi connectivity index (χ2v) is 6.38. The van der Waals surface area contributed by atoms with Gasteiger partial charge in [0.25, 0.3) is 0 Å². The average Bonchev–Trinajstić information content (AvgIpc) is 2.78. The van der Waals surface area contributed by atoms with E-state index >= 15 is 0 Å². The number of rotatable bonds is 4. The third kappa shape index (κ3) is 2.90. The van der Waals surface area contributed by atoms with Crippen molar-refractivity contribution in [3.05, 3.63) is 57.5 Å². The molecular weight excluding hydrogens is 329 g/mol. The second-order valence-electron chi connectivity index (χ2n) is 6.38. The Morgan fingerprint density at radius 2 is 1.92 bits per heavy atom. The molecule has 1 aromatic carbocycles. The molecule has 8 heteroatoms. The van der Waals surface area contributed by atoms with Gasteiger partial charge in [-0.3, -0.25) is 9.59 Å². The second kappa shape index (κ2) is 5.80. The molecule has 130 valence electrons. The molecule has 2 heterocycles. The number of aryl methyl sites for hydroxylation is 1. The van der Waals surface area contributed by atoms with E-state index in [-0.39, 0.29) is 23.8 Å². The number of halogens is 1. The number of amides is 1. The van der Waals surface area contributed by atoms with Crippen LogP contribution in [0.5, 0.6) is 5.75 Å². The Balaban J connectivity index is 1.91. The maximum Gasteiger partial charge on any atom is 0.330 e. The van der Waals surface area contributed by atoms with E-state index in [1.54, 1.807) is 26.0 Å². The zero-order valence-corrected chi connectivity index (χ0v) is 13.7. The van der Waals surface area contributed by atoms with Crippen LogP contribution in [-0.4, -0.2) is 26.5 Å². The first kappa shape index (κ1) is 16.8. The number of hydrogen-bond acceptors (Lipinski definition) is 5. The van der Waals surface area contributed by atoms with E-state index in [0.29, 0.717) is 6.42 Å². The standard InChI is InChI=1S/C17H16FN3O4/c1-17(2)15-19-12(13(23)14(24)21(15)16(25)20-17)11(22)8-5-9-3-6-10(18)7-4-9/h3-4,6-7,23H,5,8H2,1-2H3,(H,20,25). The smallest absolute Gasteiger partial charge is 0.330 e. The molecule has 0 unspecified atom stereocenters. The minimum absolute atomic E-state index is 0.0170. The molecule has 2 N–H and O–H groups in total. The van der Waals surface area contributed by atoms with Crippen molar-refractivity contribution in [2.75, 3.05) is 0 Å². The quantitative estimate of drug-likeness (QED) is 0.822. The lowest BCUT2D eigenvalue weighted by Crippen LogP contribution is -2.33. The van der Waals surface area contributed by atoms with Crippen molar-refractivity contribution in [2.24, 2.45) is 0 Å². The third-order valence-corrected chi connectivity index (χ3v) is 4.06. The fourth-order valence-electron chi connectivity index (χ4n) is 2.72. The molecule has 0 radical (unpaired) electrons. The maximum atomic E-state index is 12.9. The first-order chi connectivity index (χ1) is 11.7. The summed E-state index contributed by atoms with van der Waals surface area (Å²) in [6, 6.07) is 4.99. The van der Waals surface area contributed by atoms with Gasteiger partial charge in [-0.1, -0.05) is 12.1 Å². The van der Waals surface area contributed by atoms with E-state index in [0.717, 1.165) is 10.1 Å². The summed E-state index contributed by atoms with van der Waals surface area (Å²) in [5.74, 6) is -1.68. The number of hydrogen-bond donors (Lipinski definition) is 2. The topological polar surface area (TPSA) is 101 Å². The first-order valence-corrected chi connectivity index (χ1v) is 7.67. The van der Waals surface area contributed by atoms with E-state index in [1.807, 2.05) is 0 Å². The van der Waals surface area contributed by atoms with Crippen molar-refractivity contribution in [1.29, 1.82) is 0 Å². The largest absolute Gasteiger partial charge is 0.501 e. The van der Waals surface area contributed by atoms with E-state index < -0.39 is 28.7 Å². The predicted octanol–water partition coefficient (Wildman–Crippen LogP) is 1.71. The molecule has 2 aromatic rings. The van der Waals surface area contributed by atoms with Gasteiger partial charge in [-0.25, -0.2) is 18.7 Å². The fourth-order valence-corrected chi connectivity index (χ4v) is 2.72. The molecule has 0 spiro atoms. The van der Waals surface area contributed by atoms with Crippen LogP contribution in [0.25, 0.3) is 0 Å². The number of nitrogens with one attached hydrogen (secondary N) is 1. The Morgan fingerprint density at radius 1 is 1.28 bits per heavy atom. The van der Waals surface area contributed by atoms with Crippen LogP contribution in [-0.2, 0) is 12.0 Å². The molecule has 0 atom stereocenters. The minimum atomic E-state index is -0.974. The highest BCUT2D eigenvalue weighted by molar-refractivity contribution is 5.97. The lowest BCUT2D eigenvalue weighted by atomic mass is 10.0. The maximum absolute atomic E-state index is 12.9. The van der Waals surface area contributed by atoms with Crippen LogP contribution in [0, 0.1) is 5.82 Å². The van der Waals surface area contributed by atoms with Crippen molar-refractivity contribution in [2.45, 2.75) is 32.2 Å². The first-order valence-electron chi connectivity index (χ1n) is 7.67. The molecule has 1 aliphatic heterocycles. The summed E-state index contributed by atoms with van der Waals surface area (Å²) < 4.78 is 13.6. The molecule has 7 nitrogen and oxygen atoms in total. The number of ketones is 1. The molecule has 0 bridgehead atoms. The zero-order valence-electron chi connectivity index (χ0n) is 13.7. The van der Waals surface area contributed by atoms with Crippen LogP contribution >= 0.6 is 0 Å². The number of fused-ring (bicyclic) bond motifs is 1. The van der Waals surface area contributed by atoms with Gasteiger partial charge in [0.2, 0.25) is 5.75 Å². The summed E-state index contributed by atoms with van der Waals surface area (Å²) in [4.78, 5) is 40.5. The van der Waals surface area contributed by atoms with Gasteiger partial charge in [0.05, 0.1) is 5.54 Å². The van der Waals surface area contributed by atoms with Gasteiger partial charge >= 0.3 is 11.6 Å². The number of carbonyl (C=O) groups excluding carboxylic acids is 2. The summed E-state index contributed by atoms with van der Waals surface area (Å²) in [6.07, 6.45) is 0.288. The van der Waals surface area contributed by atoms with Gasteiger partial charge < -0.3 is 10.4 Å². The van der Waals surface area contributed by atoms with Gasteiger partial charge in [-0.05, 0) is 38.0 Å². The number of aromatic nitrogens is 2. The lowest BCUT2D eigenvalue weighted by Gasteiger charge is -2.16. The van der Waals surface area contributed by atoms with E-state index in [4.69, 9.17) is 0 Å². The van der Waals surface area contributed by atoms with Crippen LogP contribution in [0.1, 0.15) is 42.1 Å². The van der Waals surface area contributed by atoms with Crippen molar-refractivity contribution in [3.8, 4) is 5.75 Å². The molecule has 0 saturated carbocycles. The van der Waals surface area contributed by atoms with Crippen LogP contribution in [0.4, 0.5) is 9.18 Å². The van der Waals surface area contributed by atoms with Crippen molar-refractivity contribution in [3.63, 3.8) is 0 Å². The summed E-state index contributed by atoms with van der Waals surface area (Å²) >= 11 is 0. The van der Waals surface area contributed by atoms with Crippen molar-refractivity contribution < 1.29 is 19.1 Å². The monoisotopic (exact) mass is 345 g/mol. The average molecular weight is 345 g/mol. The van der Waals surface area contributed by atoms with Crippen molar-refractivity contribution in [1.82, 2.24) is 14.9 Å². The highest BCUT2D eigenvalue weighted by Gasteiger charge is 2.39. The Kier molecular flexibility index (Phi) is 3.90. The van der Waals surface area contributed by atoms with Crippen LogP contribution in [0.15, 0.2) is 29.1 Å². The summed E-state index contributed by atoms with van der Waals surface area (Å²) in [7, 11) is 0. The van der Waals surface area contributed by atoms with Gasteiger partial charge in [0.15, 0.2) is 11.5 Å². The number of aromatic hydroxyl groups is 1. The number of benzene rings is 1. The molecule has 1 aliphatic rings. The van der Waals surface area contributed by atoms with E-state index in [9.17, 15) is 23.9 Å². The Labute approximate surface area is 142 Å². The van der Waals surface area contributed by atoms with E-state index in [2.05, 4.69) is 10.3 Å². The van der Waals surface area contributed by atoms with E-state index in [1.165, 1.54) is 12.1 Å². The molecule has 0 aliphatic carbocycles. The highest BCUT2D eigenvalue weighted by Crippen LogP contribution is 2.25. The molecule has 1 aromatic heterocycles. The molecule has 3 rings (SSSR count). The summed E-state index contributed by atoms with van der Waals surface area (Å²) in [5.41, 5.74) is -1.53. The third-order valence-electron chi connectivity index (χ3n) is 4.06. The molecule has 0 fully saturated rings. The highest BCUT2D eigenvalue weighted by atomic mass is 19.1. The predicted molar refractivity (Wildman–Crippen MR) is 86.2 cm³/mol. The Hall–Kier alpha value is -3.03. The van der Waals surface area contributed by atoms with Crippen LogP contribution in [0.3, 0.4) is 0 Å². The number of carbonyl (C=O) groups is 2. The number of Topliss-reactive ketones (excluding diaryl/α,β-unsaturated/α-hetero) is 1. The molecular formula is C17H16FN3O4. The molecule has 0 saturated heterocycles. The van der Waals surface area contributed by atoms with Gasteiger partial charge in [0, 0.05) is 6.42 Å². The van der Waals surface area contributed by atoms with Gasteiger partial charge in [-0.15, -0.1) is 0 Å². The Bertz CT molecular complexity index is 932. The van der Waals surface area contributed by atoms with Crippen molar-refractivity contribution >= 4 is 11.8 Å². The van der Waals surface area contributed by atoms with Gasteiger partial charge in [-0.2, -0.15) is 0 Å². The SMILES string of the molecule is CC1(C)NC(=O)n2c1nc(C(=O)CCc1ccc(F)cc1)c(O)c2=O. The number of nitrogens with zero attached hydrogens (tertiary/aromatic N) is 2. The zero-order chi connectivity index (χ0) is 18.4. The fraction of sp³-hybridized carbons (Fsp3) is 0.294. The normalized spacial score (nSPS) is 14.9. The summed E-state index contributed by atoms with van der Waals surface area (Å²) in [6.45, 7) is 3.28. The van der Waals surface area contributed by atoms with Crippen LogP contribution in [0.2, 0.25) is 0 Å². The molecule has 25 heavy (non-hydrogen) atoms. The van der Waals surface area contributed by atoms with Gasteiger partial charge in [0.1, 0.15) is 11.6 Å².